The van der Waals surface area contributed by atoms with Gasteiger partial charge in [0.1, 0.15) is 0 Å². The highest BCUT2D eigenvalue weighted by Crippen LogP contribution is 2.18. The van der Waals surface area contributed by atoms with Crippen LogP contribution >= 0.6 is 0 Å². The molecule has 0 aromatic rings. The maximum atomic E-state index is 10.8. The second kappa shape index (κ2) is 4.97. The van der Waals surface area contributed by atoms with Crippen LogP contribution in [0.5, 0.6) is 0 Å². The molecule has 1 N–H and O–H groups in total. The molecule has 0 aliphatic carbocycles. The van der Waals surface area contributed by atoms with Crippen LogP contribution in [0.1, 0.15) is 27.2 Å². The van der Waals surface area contributed by atoms with Crippen molar-refractivity contribution in [3.05, 3.63) is 0 Å². The predicted octanol–water partition coefficient (Wildman–Crippen LogP) is 1.33. The molecular weight excluding hydrogens is 180 g/mol. The number of nitrogens with zero attached hydrogens (tertiary/aromatic N) is 2. The Hall–Kier alpha value is -1.08. The first-order valence-electron chi connectivity index (χ1n) is 4.62. The number of rotatable bonds is 5. The van der Waals surface area contributed by atoms with E-state index in [1.54, 1.807) is 13.8 Å². The molecule has 0 aliphatic rings. The first-order chi connectivity index (χ1) is 6.31. The fraction of sp³-hybridized carbons (Fsp3) is 0.800. The van der Waals surface area contributed by atoms with E-state index in [1.807, 2.05) is 18.9 Å². The highest BCUT2D eigenvalue weighted by molar-refractivity contribution is 5.73. The molecule has 0 heterocycles. The fourth-order valence-electron chi connectivity index (χ4n) is 1.13. The molecule has 0 rings (SSSR count). The van der Waals surface area contributed by atoms with Gasteiger partial charge in [0.25, 0.3) is 0 Å². The van der Waals surface area contributed by atoms with Gasteiger partial charge in [-0.25, -0.2) is 0 Å². The van der Waals surface area contributed by atoms with Crippen LogP contribution in [0.15, 0.2) is 0 Å². The minimum Gasteiger partial charge on any atom is -0.481 e. The Kier molecular flexibility index (Phi) is 4.58. The summed E-state index contributed by atoms with van der Waals surface area (Å²) in [5, 5.41) is 17.4. The lowest BCUT2D eigenvalue weighted by Crippen LogP contribution is -2.41. The van der Waals surface area contributed by atoms with Crippen LogP contribution in [-0.2, 0) is 4.79 Å². The van der Waals surface area contributed by atoms with Crippen molar-refractivity contribution in [3.8, 4) is 6.07 Å². The Labute approximate surface area is 85.1 Å². The molecule has 4 nitrogen and oxygen atoms in total. The molecule has 1 atom stereocenters. The van der Waals surface area contributed by atoms with Gasteiger partial charge in [0.2, 0.25) is 0 Å². The molecule has 0 aromatic heterocycles. The number of carbonyl (C=O) groups is 1. The Morgan fingerprint density at radius 2 is 2.14 bits per heavy atom. The number of hydrogen-bond acceptors (Lipinski definition) is 3. The Balaban J connectivity index is 4.25. The molecule has 0 bridgehead atoms. The van der Waals surface area contributed by atoms with Gasteiger partial charge in [-0.15, -0.1) is 0 Å². The minimum atomic E-state index is -0.812. The molecule has 14 heavy (non-hydrogen) atoms. The average Bonchev–Trinajstić information content (AvgIpc) is 2.03. The molecule has 80 valence electrons. The van der Waals surface area contributed by atoms with Crippen LogP contribution in [0.3, 0.4) is 0 Å². The van der Waals surface area contributed by atoms with E-state index in [1.165, 1.54) is 0 Å². The van der Waals surface area contributed by atoms with Crippen molar-refractivity contribution >= 4 is 5.97 Å². The summed E-state index contributed by atoms with van der Waals surface area (Å²) in [7, 11) is 1.84. The van der Waals surface area contributed by atoms with Crippen LogP contribution in [0.4, 0.5) is 0 Å². The van der Waals surface area contributed by atoms with Crippen molar-refractivity contribution in [2.75, 3.05) is 13.6 Å². The van der Waals surface area contributed by atoms with Gasteiger partial charge in [0.15, 0.2) is 0 Å². The topological polar surface area (TPSA) is 64.3 Å². The zero-order valence-electron chi connectivity index (χ0n) is 9.24. The smallest absolute Gasteiger partial charge is 0.310 e. The molecule has 0 saturated heterocycles. The lowest BCUT2D eigenvalue weighted by Gasteiger charge is -2.29. The molecule has 0 aromatic carbocycles. The Bertz CT molecular complexity index is 243. The van der Waals surface area contributed by atoms with Gasteiger partial charge < -0.3 is 10.0 Å². The number of carboxylic acids is 1. The molecule has 1 unspecified atom stereocenters. The van der Waals surface area contributed by atoms with Gasteiger partial charge in [0, 0.05) is 12.6 Å². The first-order valence-corrected chi connectivity index (χ1v) is 4.62. The average molecular weight is 198 g/mol. The van der Waals surface area contributed by atoms with Gasteiger partial charge in [-0.05, 0) is 27.8 Å². The molecule has 0 radical (unpaired) electrons. The van der Waals surface area contributed by atoms with Gasteiger partial charge >= 0.3 is 5.97 Å². The number of nitriles is 1. The van der Waals surface area contributed by atoms with E-state index in [0.717, 1.165) is 0 Å². The van der Waals surface area contributed by atoms with E-state index >= 15 is 0 Å². The van der Waals surface area contributed by atoms with Crippen molar-refractivity contribution in [2.45, 2.75) is 33.2 Å². The SMILES string of the molecule is CC(CC#N)N(C)CC(C)(C)C(=O)O. The van der Waals surface area contributed by atoms with Crippen molar-refractivity contribution in [1.82, 2.24) is 4.90 Å². The maximum absolute atomic E-state index is 10.8. The molecule has 0 aliphatic heterocycles. The molecule has 0 saturated carbocycles. The zero-order valence-corrected chi connectivity index (χ0v) is 9.24. The maximum Gasteiger partial charge on any atom is 0.310 e. The molecule has 0 spiro atoms. The number of carboxylic acid groups (broad SMARTS) is 1. The standard InChI is InChI=1S/C10H18N2O2/c1-8(5-6-11)12(4)7-10(2,3)9(13)14/h8H,5,7H2,1-4H3,(H,13,14). The van der Waals surface area contributed by atoms with E-state index in [9.17, 15) is 4.79 Å². The van der Waals surface area contributed by atoms with Crippen LogP contribution in [0.2, 0.25) is 0 Å². The quantitative estimate of drug-likeness (QED) is 0.723. The van der Waals surface area contributed by atoms with E-state index in [4.69, 9.17) is 10.4 Å². The fourth-order valence-corrected chi connectivity index (χ4v) is 1.13. The summed E-state index contributed by atoms with van der Waals surface area (Å²) >= 11 is 0. The van der Waals surface area contributed by atoms with Gasteiger partial charge in [-0.1, -0.05) is 0 Å². The minimum absolute atomic E-state index is 0.0959. The highest BCUT2D eigenvalue weighted by Gasteiger charge is 2.29. The summed E-state index contributed by atoms with van der Waals surface area (Å²) < 4.78 is 0. The van der Waals surface area contributed by atoms with Crippen molar-refractivity contribution in [1.29, 1.82) is 5.26 Å². The molecule has 4 heteroatoms. The van der Waals surface area contributed by atoms with Crippen molar-refractivity contribution in [2.24, 2.45) is 5.41 Å². The van der Waals surface area contributed by atoms with Gasteiger partial charge in [0.05, 0.1) is 17.9 Å². The summed E-state index contributed by atoms with van der Waals surface area (Å²) in [5.41, 5.74) is -0.765. The summed E-state index contributed by atoms with van der Waals surface area (Å²) in [6.07, 6.45) is 0.423. The Morgan fingerprint density at radius 1 is 1.64 bits per heavy atom. The zero-order chi connectivity index (χ0) is 11.4. The van der Waals surface area contributed by atoms with Crippen molar-refractivity contribution in [3.63, 3.8) is 0 Å². The number of aliphatic carboxylic acids is 1. The third-order valence-electron chi connectivity index (χ3n) is 2.36. The van der Waals surface area contributed by atoms with E-state index in [2.05, 4.69) is 6.07 Å². The second-order valence-corrected chi connectivity index (χ2v) is 4.32. The van der Waals surface area contributed by atoms with Crippen LogP contribution in [0.25, 0.3) is 0 Å². The monoisotopic (exact) mass is 198 g/mol. The predicted molar refractivity (Wildman–Crippen MR) is 53.7 cm³/mol. The van der Waals surface area contributed by atoms with Crippen LogP contribution in [-0.4, -0.2) is 35.6 Å². The summed E-state index contributed by atoms with van der Waals surface area (Å²) in [6.45, 7) is 5.74. The van der Waals surface area contributed by atoms with Gasteiger partial charge in [-0.2, -0.15) is 5.26 Å². The van der Waals surface area contributed by atoms with E-state index in [0.29, 0.717) is 13.0 Å². The third kappa shape index (κ3) is 3.75. The molecular formula is C10H18N2O2. The molecule has 0 amide bonds. The summed E-state index contributed by atoms with van der Waals surface area (Å²) in [6, 6.07) is 2.17. The van der Waals surface area contributed by atoms with E-state index in [-0.39, 0.29) is 6.04 Å². The lowest BCUT2D eigenvalue weighted by molar-refractivity contribution is -0.148. The Morgan fingerprint density at radius 3 is 2.50 bits per heavy atom. The van der Waals surface area contributed by atoms with Crippen LogP contribution < -0.4 is 0 Å². The van der Waals surface area contributed by atoms with Crippen molar-refractivity contribution < 1.29 is 9.90 Å². The normalized spacial score (nSPS) is 13.7. The van der Waals surface area contributed by atoms with Gasteiger partial charge in [-0.3, -0.25) is 4.79 Å². The third-order valence-corrected chi connectivity index (χ3v) is 2.36. The summed E-state index contributed by atoms with van der Waals surface area (Å²) in [4.78, 5) is 12.7. The summed E-state index contributed by atoms with van der Waals surface area (Å²) in [5.74, 6) is -0.812. The van der Waals surface area contributed by atoms with E-state index < -0.39 is 11.4 Å². The highest BCUT2D eigenvalue weighted by atomic mass is 16.4. The number of hydrogen-bond donors (Lipinski definition) is 1. The second-order valence-electron chi connectivity index (χ2n) is 4.32. The van der Waals surface area contributed by atoms with Crippen LogP contribution in [0, 0.1) is 16.7 Å². The first kappa shape index (κ1) is 12.9. The largest absolute Gasteiger partial charge is 0.481 e. The lowest BCUT2D eigenvalue weighted by atomic mass is 9.92. The molecule has 0 fully saturated rings.